The zero-order valence-corrected chi connectivity index (χ0v) is 13.5. The lowest BCUT2D eigenvalue weighted by atomic mass is 9.74. The van der Waals surface area contributed by atoms with Crippen molar-refractivity contribution in [1.29, 1.82) is 0 Å². The lowest BCUT2D eigenvalue weighted by Crippen LogP contribution is -2.41. The van der Waals surface area contributed by atoms with E-state index < -0.39 is 0 Å². The first kappa shape index (κ1) is 15.5. The summed E-state index contributed by atoms with van der Waals surface area (Å²) >= 11 is 0. The van der Waals surface area contributed by atoms with Gasteiger partial charge in [-0.2, -0.15) is 0 Å². The zero-order valence-electron chi connectivity index (χ0n) is 13.5. The highest BCUT2D eigenvalue weighted by atomic mass is 16.7. The van der Waals surface area contributed by atoms with Crippen molar-refractivity contribution >= 4 is 7.12 Å². The average Bonchev–Trinajstić information content (AvgIpc) is 2.68. The Hall–Kier alpha value is -1.37. The van der Waals surface area contributed by atoms with E-state index in [1.807, 2.05) is 33.8 Å². The average molecular weight is 303 g/mol. The lowest BCUT2D eigenvalue weighted by Gasteiger charge is -2.32. The predicted octanol–water partition coefficient (Wildman–Crippen LogP) is 2.39. The minimum absolute atomic E-state index is 0.116. The van der Waals surface area contributed by atoms with Crippen LogP contribution >= 0.6 is 0 Å². The highest BCUT2D eigenvalue weighted by molar-refractivity contribution is 6.54. The third-order valence-electron chi connectivity index (χ3n) is 4.75. The molecule has 3 heterocycles. The van der Waals surface area contributed by atoms with Gasteiger partial charge in [0.05, 0.1) is 17.8 Å². The first-order valence-electron chi connectivity index (χ1n) is 7.65. The summed E-state index contributed by atoms with van der Waals surface area (Å²) in [6, 6.07) is 3.29. The molecule has 22 heavy (non-hydrogen) atoms. The van der Waals surface area contributed by atoms with E-state index in [-0.39, 0.29) is 30.0 Å². The standard InChI is InChI=1S/C16H22BNO4/c1-15(2)16(3,4)22-17(21-15)12-7-8-20-13(9-12)11-5-6-14(19)18-10-11/h5-6,9-10,13H,7-8H2,1-4H3,(H,18,19). The summed E-state index contributed by atoms with van der Waals surface area (Å²) in [6.45, 7) is 8.80. The second-order valence-electron chi connectivity index (χ2n) is 6.86. The molecule has 2 aliphatic rings. The number of ether oxygens (including phenoxy) is 1. The molecule has 118 valence electrons. The van der Waals surface area contributed by atoms with E-state index in [1.165, 1.54) is 6.07 Å². The Morgan fingerprint density at radius 1 is 1.18 bits per heavy atom. The Kier molecular flexibility index (Phi) is 3.79. The molecular weight excluding hydrogens is 281 g/mol. The van der Waals surface area contributed by atoms with Gasteiger partial charge in [0.25, 0.3) is 0 Å². The van der Waals surface area contributed by atoms with Gasteiger partial charge in [-0.3, -0.25) is 4.79 Å². The monoisotopic (exact) mass is 303 g/mol. The van der Waals surface area contributed by atoms with Crippen molar-refractivity contribution in [1.82, 2.24) is 4.98 Å². The number of rotatable bonds is 2. The van der Waals surface area contributed by atoms with E-state index in [4.69, 9.17) is 14.0 Å². The SMILES string of the molecule is CC1(C)OB(C2=CC(c3ccc(=O)[nH]c3)OCC2)OC1(C)C. The maximum atomic E-state index is 11.2. The molecule has 2 aliphatic heterocycles. The molecule has 1 atom stereocenters. The van der Waals surface area contributed by atoms with Gasteiger partial charge in [0.15, 0.2) is 0 Å². The van der Waals surface area contributed by atoms with Gasteiger partial charge in [-0.05, 0) is 45.7 Å². The van der Waals surface area contributed by atoms with E-state index in [0.29, 0.717) is 6.61 Å². The Balaban J connectivity index is 1.83. The van der Waals surface area contributed by atoms with Crippen molar-refractivity contribution in [2.75, 3.05) is 6.61 Å². The van der Waals surface area contributed by atoms with E-state index in [0.717, 1.165) is 17.5 Å². The molecule has 0 spiro atoms. The minimum Gasteiger partial charge on any atom is -0.400 e. The zero-order chi connectivity index (χ0) is 16.0. The number of pyridine rings is 1. The minimum atomic E-state index is -0.343. The number of hydrogen-bond acceptors (Lipinski definition) is 4. The number of nitrogens with one attached hydrogen (secondary N) is 1. The Bertz CT molecular complexity index is 613. The Morgan fingerprint density at radius 2 is 1.86 bits per heavy atom. The molecule has 1 unspecified atom stereocenters. The summed E-state index contributed by atoms with van der Waals surface area (Å²) in [7, 11) is -0.334. The molecule has 1 saturated heterocycles. The van der Waals surface area contributed by atoms with Crippen LogP contribution in [0, 0.1) is 0 Å². The van der Waals surface area contributed by atoms with Gasteiger partial charge in [-0.25, -0.2) is 0 Å². The van der Waals surface area contributed by atoms with Crippen LogP contribution in [0.4, 0.5) is 0 Å². The summed E-state index contributed by atoms with van der Waals surface area (Å²) in [5.41, 5.74) is 1.22. The molecule has 0 aliphatic carbocycles. The molecule has 5 nitrogen and oxygen atoms in total. The molecule has 0 bridgehead atoms. The van der Waals surface area contributed by atoms with Gasteiger partial charge in [0.1, 0.15) is 6.10 Å². The van der Waals surface area contributed by atoms with Gasteiger partial charge in [-0.15, -0.1) is 0 Å². The van der Waals surface area contributed by atoms with Gasteiger partial charge in [-0.1, -0.05) is 6.08 Å². The quantitative estimate of drug-likeness (QED) is 0.852. The van der Waals surface area contributed by atoms with Crippen LogP contribution in [0.3, 0.4) is 0 Å². The molecule has 0 saturated carbocycles. The number of aromatic amines is 1. The van der Waals surface area contributed by atoms with E-state index in [1.54, 1.807) is 12.3 Å². The fourth-order valence-electron chi connectivity index (χ4n) is 2.61. The fourth-order valence-corrected chi connectivity index (χ4v) is 2.61. The van der Waals surface area contributed by atoms with Crippen LogP contribution in [0.2, 0.25) is 0 Å². The largest absolute Gasteiger partial charge is 0.490 e. The van der Waals surface area contributed by atoms with Crippen LogP contribution in [0.5, 0.6) is 0 Å². The smallest absolute Gasteiger partial charge is 0.400 e. The molecular formula is C16H22BNO4. The van der Waals surface area contributed by atoms with Crippen LogP contribution in [-0.4, -0.2) is 29.9 Å². The Morgan fingerprint density at radius 3 is 2.45 bits per heavy atom. The van der Waals surface area contributed by atoms with Gasteiger partial charge in [0.2, 0.25) is 5.56 Å². The summed E-state index contributed by atoms with van der Waals surface area (Å²) in [5.74, 6) is 0. The van der Waals surface area contributed by atoms with Crippen molar-refractivity contribution in [2.45, 2.75) is 51.4 Å². The molecule has 3 rings (SSSR count). The van der Waals surface area contributed by atoms with Crippen molar-refractivity contribution in [3.63, 3.8) is 0 Å². The number of aromatic nitrogens is 1. The van der Waals surface area contributed by atoms with Crippen LogP contribution in [0.15, 0.2) is 34.7 Å². The molecule has 0 amide bonds. The molecule has 1 aromatic rings. The Labute approximate surface area is 130 Å². The molecule has 1 fully saturated rings. The maximum Gasteiger partial charge on any atom is 0.490 e. The second kappa shape index (κ2) is 5.37. The molecule has 1 aromatic heterocycles. The predicted molar refractivity (Wildman–Crippen MR) is 84.5 cm³/mol. The summed E-state index contributed by atoms with van der Waals surface area (Å²) in [4.78, 5) is 13.8. The summed E-state index contributed by atoms with van der Waals surface area (Å²) < 4.78 is 18.0. The normalized spacial score (nSPS) is 26.8. The van der Waals surface area contributed by atoms with Crippen molar-refractivity contribution in [3.8, 4) is 0 Å². The number of H-pyrrole nitrogens is 1. The van der Waals surface area contributed by atoms with E-state index in [9.17, 15) is 4.79 Å². The molecule has 6 heteroatoms. The van der Waals surface area contributed by atoms with Crippen molar-refractivity contribution in [3.05, 3.63) is 45.8 Å². The summed E-state index contributed by atoms with van der Waals surface area (Å²) in [5, 5.41) is 0. The van der Waals surface area contributed by atoms with Crippen LogP contribution in [-0.2, 0) is 14.0 Å². The van der Waals surface area contributed by atoms with Crippen LogP contribution in [0.25, 0.3) is 0 Å². The third kappa shape index (κ3) is 2.78. The van der Waals surface area contributed by atoms with Crippen molar-refractivity contribution in [2.24, 2.45) is 0 Å². The fraction of sp³-hybridized carbons (Fsp3) is 0.562. The first-order chi connectivity index (χ1) is 10.3. The van der Waals surface area contributed by atoms with E-state index >= 15 is 0 Å². The van der Waals surface area contributed by atoms with Gasteiger partial charge in [0, 0.05) is 17.8 Å². The molecule has 0 radical (unpaired) electrons. The second-order valence-corrected chi connectivity index (χ2v) is 6.86. The van der Waals surface area contributed by atoms with Crippen LogP contribution < -0.4 is 5.56 Å². The highest BCUT2D eigenvalue weighted by Gasteiger charge is 2.52. The molecule has 1 N–H and O–H groups in total. The number of hydrogen-bond donors (Lipinski definition) is 1. The highest BCUT2D eigenvalue weighted by Crippen LogP contribution is 2.40. The first-order valence-corrected chi connectivity index (χ1v) is 7.65. The van der Waals surface area contributed by atoms with Gasteiger partial charge >= 0.3 is 7.12 Å². The molecule has 0 aromatic carbocycles. The van der Waals surface area contributed by atoms with Crippen LogP contribution in [0.1, 0.15) is 45.8 Å². The summed E-state index contributed by atoms with van der Waals surface area (Å²) in [6.07, 6.45) is 4.34. The maximum absolute atomic E-state index is 11.2. The van der Waals surface area contributed by atoms with E-state index in [2.05, 4.69) is 4.98 Å². The third-order valence-corrected chi connectivity index (χ3v) is 4.75. The van der Waals surface area contributed by atoms with Crippen molar-refractivity contribution < 1.29 is 14.0 Å². The lowest BCUT2D eigenvalue weighted by molar-refractivity contribution is 0.00578. The van der Waals surface area contributed by atoms with Gasteiger partial charge < -0.3 is 19.0 Å². The topological polar surface area (TPSA) is 60.6 Å².